The predicted molar refractivity (Wildman–Crippen MR) is 66.6 cm³/mol. The molecule has 0 aromatic carbocycles. The number of carbonyl (C=O) groups excluding carboxylic acids is 1. The molecule has 2 atom stereocenters. The van der Waals surface area contributed by atoms with Crippen molar-refractivity contribution in [2.75, 3.05) is 19.8 Å². The SMILES string of the molecule is CC(C)COCC(O)CNC(=O)C1CC1(C)C. The number of aliphatic hydroxyl groups is 1. The van der Waals surface area contributed by atoms with E-state index in [1.54, 1.807) is 0 Å². The van der Waals surface area contributed by atoms with Gasteiger partial charge in [0, 0.05) is 19.1 Å². The molecule has 0 aromatic heterocycles. The zero-order chi connectivity index (χ0) is 13.1. The number of rotatable bonds is 7. The number of hydrogen-bond acceptors (Lipinski definition) is 3. The first-order chi connectivity index (χ1) is 7.83. The van der Waals surface area contributed by atoms with Crippen molar-refractivity contribution in [1.29, 1.82) is 0 Å². The van der Waals surface area contributed by atoms with E-state index in [0.717, 1.165) is 6.42 Å². The van der Waals surface area contributed by atoms with Gasteiger partial charge in [0.25, 0.3) is 0 Å². The molecule has 0 radical (unpaired) electrons. The molecule has 1 saturated carbocycles. The third kappa shape index (κ3) is 5.04. The minimum Gasteiger partial charge on any atom is -0.389 e. The van der Waals surface area contributed by atoms with E-state index in [9.17, 15) is 9.90 Å². The lowest BCUT2D eigenvalue weighted by molar-refractivity contribution is -0.123. The first-order valence-corrected chi connectivity index (χ1v) is 6.36. The highest BCUT2D eigenvalue weighted by atomic mass is 16.5. The summed E-state index contributed by atoms with van der Waals surface area (Å²) in [5.74, 6) is 0.633. The van der Waals surface area contributed by atoms with Crippen molar-refractivity contribution in [3.05, 3.63) is 0 Å². The molecule has 4 nitrogen and oxygen atoms in total. The summed E-state index contributed by atoms with van der Waals surface area (Å²) in [6.45, 7) is 9.49. The number of amides is 1. The van der Waals surface area contributed by atoms with Crippen molar-refractivity contribution in [2.24, 2.45) is 17.3 Å². The fourth-order valence-electron chi connectivity index (χ4n) is 1.76. The molecule has 1 rings (SSSR count). The van der Waals surface area contributed by atoms with Crippen molar-refractivity contribution in [3.8, 4) is 0 Å². The lowest BCUT2D eigenvalue weighted by atomic mass is 10.1. The van der Waals surface area contributed by atoms with Crippen molar-refractivity contribution in [1.82, 2.24) is 5.32 Å². The Kier molecular flexibility index (Phi) is 4.95. The van der Waals surface area contributed by atoms with E-state index < -0.39 is 6.10 Å². The highest BCUT2D eigenvalue weighted by Gasteiger charge is 2.50. The molecule has 0 heterocycles. The number of carbonyl (C=O) groups is 1. The summed E-state index contributed by atoms with van der Waals surface area (Å²) in [5.41, 5.74) is 0.142. The van der Waals surface area contributed by atoms with Crippen LogP contribution in [0.15, 0.2) is 0 Å². The number of ether oxygens (including phenoxy) is 1. The van der Waals surface area contributed by atoms with Crippen LogP contribution in [-0.2, 0) is 9.53 Å². The van der Waals surface area contributed by atoms with Crippen molar-refractivity contribution in [3.63, 3.8) is 0 Å². The molecule has 1 aliphatic carbocycles. The Morgan fingerprint density at radius 3 is 2.53 bits per heavy atom. The topological polar surface area (TPSA) is 58.6 Å². The van der Waals surface area contributed by atoms with Crippen LogP contribution in [0.2, 0.25) is 0 Å². The molecule has 2 N–H and O–H groups in total. The van der Waals surface area contributed by atoms with Crippen LogP contribution in [0.3, 0.4) is 0 Å². The van der Waals surface area contributed by atoms with E-state index in [0.29, 0.717) is 12.5 Å². The molecule has 0 spiro atoms. The average molecular weight is 243 g/mol. The van der Waals surface area contributed by atoms with Crippen LogP contribution in [0.5, 0.6) is 0 Å². The Labute approximate surface area is 104 Å². The van der Waals surface area contributed by atoms with E-state index in [4.69, 9.17) is 4.74 Å². The van der Waals surface area contributed by atoms with Crippen molar-refractivity contribution in [2.45, 2.75) is 40.2 Å². The van der Waals surface area contributed by atoms with Gasteiger partial charge in [0.1, 0.15) is 0 Å². The molecular formula is C13H25NO3. The third-order valence-electron chi connectivity index (χ3n) is 3.10. The highest BCUT2D eigenvalue weighted by Crippen LogP contribution is 2.51. The summed E-state index contributed by atoms with van der Waals surface area (Å²) in [4.78, 5) is 11.6. The van der Waals surface area contributed by atoms with Gasteiger partial charge in [0.2, 0.25) is 5.91 Å². The quantitative estimate of drug-likeness (QED) is 0.706. The van der Waals surface area contributed by atoms with Gasteiger partial charge in [-0.05, 0) is 17.8 Å². The largest absolute Gasteiger partial charge is 0.389 e. The second-order valence-corrected chi connectivity index (χ2v) is 6.08. The van der Waals surface area contributed by atoms with Crippen molar-refractivity contribution < 1.29 is 14.6 Å². The molecule has 17 heavy (non-hydrogen) atoms. The number of nitrogens with one attached hydrogen (secondary N) is 1. The van der Waals surface area contributed by atoms with Crippen LogP contribution < -0.4 is 5.32 Å². The molecule has 1 amide bonds. The molecule has 1 fully saturated rings. The van der Waals surface area contributed by atoms with Gasteiger partial charge in [-0.15, -0.1) is 0 Å². The Bertz CT molecular complexity index is 263. The lowest BCUT2D eigenvalue weighted by Gasteiger charge is -2.13. The van der Waals surface area contributed by atoms with Crippen LogP contribution in [0.25, 0.3) is 0 Å². The smallest absolute Gasteiger partial charge is 0.223 e. The maximum absolute atomic E-state index is 11.6. The van der Waals surface area contributed by atoms with E-state index >= 15 is 0 Å². The second kappa shape index (κ2) is 5.83. The zero-order valence-electron chi connectivity index (χ0n) is 11.3. The minimum atomic E-state index is -0.612. The van der Waals surface area contributed by atoms with Crippen LogP contribution in [-0.4, -0.2) is 36.9 Å². The normalized spacial score (nSPS) is 23.5. The zero-order valence-corrected chi connectivity index (χ0v) is 11.3. The van der Waals surface area contributed by atoms with Crippen molar-refractivity contribution >= 4 is 5.91 Å². The fourth-order valence-corrected chi connectivity index (χ4v) is 1.76. The average Bonchev–Trinajstić information content (AvgIpc) is 2.84. The summed E-state index contributed by atoms with van der Waals surface area (Å²) in [5, 5.41) is 12.4. The van der Waals surface area contributed by atoms with Gasteiger partial charge in [-0.25, -0.2) is 0 Å². The second-order valence-electron chi connectivity index (χ2n) is 6.08. The van der Waals surface area contributed by atoms with Gasteiger partial charge in [-0.3, -0.25) is 4.79 Å². The maximum atomic E-state index is 11.6. The highest BCUT2D eigenvalue weighted by molar-refractivity contribution is 5.82. The van der Waals surface area contributed by atoms with E-state index in [1.165, 1.54) is 0 Å². The van der Waals surface area contributed by atoms with Gasteiger partial charge in [-0.1, -0.05) is 27.7 Å². The predicted octanol–water partition coefficient (Wildman–Crippen LogP) is 1.18. The summed E-state index contributed by atoms with van der Waals surface area (Å²) in [6.07, 6.45) is 0.332. The Morgan fingerprint density at radius 1 is 1.47 bits per heavy atom. The summed E-state index contributed by atoms with van der Waals surface area (Å²) in [7, 11) is 0. The van der Waals surface area contributed by atoms with Gasteiger partial charge in [0.15, 0.2) is 0 Å². The van der Waals surface area contributed by atoms with E-state index in [1.807, 2.05) is 0 Å². The molecule has 0 aromatic rings. The molecular weight excluding hydrogens is 218 g/mol. The first kappa shape index (κ1) is 14.5. The lowest BCUT2D eigenvalue weighted by Crippen LogP contribution is -2.36. The molecule has 4 heteroatoms. The summed E-state index contributed by atoms with van der Waals surface area (Å²) >= 11 is 0. The van der Waals surface area contributed by atoms with Gasteiger partial charge < -0.3 is 15.2 Å². The van der Waals surface area contributed by atoms with Crippen LogP contribution in [0, 0.1) is 17.3 Å². The fraction of sp³-hybridized carbons (Fsp3) is 0.923. The van der Waals surface area contributed by atoms with Crippen LogP contribution in [0.4, 0.5) is 0 Å². The van der Waals surface area contributed by atoms with Gasteiger partial charge >= 0.3 is 0 Å². The number of aliphatic hydroxyl groups excluding tert-OH is 1. The number of hydrogen-bond donors (Lipinski definition) is 2. The minimum absolute atomic E-state index is 0.0536. The molecule has 0 aliphatic heterocycles. The monoisotopic (exact) mass is 243 g/mol. The Morgan fingerprint density at radius 2 is 2.06 bits per heavy atom. The third-order valence-corrected chi connectivity index (χ3v) is 3.10. The molecule has 2 unspecified atom stereocenters. The van der Waals surface area contributed by atoms with Gasteiger partial charge in [-0.2, -0.15) is 0 Å². The van der Waals surface area contributed by atoms with E-state index in [2.05, 4.69) is 33.0 Å². The first-order valence-electron chi connectivity index (χ1n) is 6.36. The van der Waals surface area contributed by atoms with Crippen LogP contribution >= 0.6 is 0 Å². The molecule has 1 aliphatic rings. The van der Waals surface area contributed by atoms with Gasteiger partial charge in [0.05, 0.1) is 12.7 Å². The Hall–Kier alpha value is -0.610. The standard InChI is InChI=1S/C13H25NO3/c1-9(2)7-17-8-10(15)6-14-12(16)11-5-13(11,3)4/h9-11,15H,5-8H2,1-4H3,(H,14,16). The maximum Gasteiger partial charge on any atom is 0.223 e. The summed E-state index contributed by atoms with van der Waals surface area (Å²) < 4.78 is 5.30. The molecule has 0 saturated heterocycles. The summed E-state index contributed by atoms with van der Waals surface area (Å²) in [6, 6.07) is 0. The van der Waals surface area contributed by atoms with Crippen LogP contribution in [0.1, 0.15) is 34.1 Å². The molecule has 0 bridgehead atoms. The Balaban J connectivity index is 2.08. The van der Waals surface area contributed by atoms with E-state index in [-0.39, 0.29) is 30.4 Å². The molecule has 100 valence electrons.